The van der Waals surface area contributed by atoms with Crippen LogP contribution in [0.4, 0.5) is 11.4 Å². The first-order valence-electron chi connectivity index (χ1n) is 23.4. The molecule has 2 unspecified atom stereocenters. The van der Waals surface area contributed by atoms with E-state index in [1.807, 2.05) is 109 Å². The zero-order valence-corrected chi connectivity index (χ0v) is 37.8. The third-order valence-electron chi connectivity index (χ3n) is 13.1. The number of anilines is 1. The molecule has 8 heteroatoms. The van der Waals surface area contributed by atoms with Crippen molar-refractivity contribution in [3.05, 3.63) is 167 Å². The number of rotatable bonds is 22. The predicted molar refractivity (Wildman–Crippen MR) is 253 cm³/mol. The van der Waals surface area contributed by atoms with Crippen molar-refractivity contribution in [2.45, 2.75) is 134 Å². The molecule has 0 aliphatic carbocycles. The van der Waals surface area contributed by atoms with Crippen LogP contribution < -0.4 is 10.6 Å². The molecule has 2 aliphatic rings. The fraction of sp³-hybridized carbons (Fsp3) is 0.418. The van der Waals surface area contributed by atoms with E-state index in [0.29, 0.717) is 57.1 Å². The van der Waals surface area contributed by atoms with Gasteiger partial charge >= 0.3 is 11.9 Å². The zero-order valence-electron chi connectivity index (χ0n) is 37.8. The van der Waals surface area contributed by atoms with Crippen LogP contribution >= 0.6 is 0 Å². The third-order valence-corrected chi connectivity index (χ3v) is 13.1. The summed E-state index contributed by atoms with van der Waals surface area (Å²) in [5.74, 6) is -1.60. The van der Waals surface area contributed by atoms with Crippen LogP contribution in [0.3, 0.4) is 0 Å². The number of ether oxygens (including phenoxy) is 2. The fourth-order valence-corrected chi connectivity index (χ4v) is 9.97. The molecule has 0 amide bonds. The average molecular weight is 854 g/mol. The Balaban J connectivity index is 1.02. The molecular weight excluding hydrogens is 785 g/mol. The van der Waals surface area contributed by atoms with Gasteiger partial charge in [0.2, 0.25) is 0 Å². The number of hydrogen-bond donors (Lipinski definition) is 4. The van der Waals surface area contributed by atoms with Crippen LogP contribution in [0, 0.1) is 5.92 Å². The number of cyclic esters (lactones) is 2. The molecule has 0 aromatic heterocycles. The molecule has 4 aromatic carbocycles. The number of allylic oxidation sites excluding steroid dienone is 2. The molecule has 1 fully saturated rings. The Labute approximate surface area is 375 Å². The van der Waals surface area contributed by atoms with Crippen LogP contribution in [0.15, 0.2) is 145 Å². The van der Waals surface area contributed by atoms with Crippen molar-refractivity contribution in [3.8, 4) is 0 Å². The van der Waals surface area contributed by atoms with Gasteiger partial charge in [-0.3, -0.25) is 10.1 Å². The lowest BCUT2D eigenvalue weighted by Crippen LogP contribution is -2.70. The molecule has 0 saturated carbocycles. The van der Waals surface area contributed by atoms with Crippen LogP contribution in [0.2, 0.25) is 0 Å². The number of aliphatic hydroxyl groups is 2. The van der Waals surface area contributed by atoms with Gasteiger partial charge in [-0.05, 0) is 104 Å². The summed E-state index contributed by atoms with van der Waals surface area (Å²) in [5, 5.41) is 28.6. The molecule has 0 spiro atoms. The number of carbonyl (C=O) groups excluding carboxylic acids is 2. The number of hydrogen-bond acceptors (Lipinski definition) is 7. The maximum Gasteiger partial charge on any atom is 0.338 e. The van der Waals surface area contributed by atoms with Crippen molar-refractivity contribution in [3.63, 3.8) is 0 Å². The molecule has 2 aliphatic heterocycles. The van der Waals surface area contributed by atoms with Crippen molar-refractivity contribution < 1.29 is 34.6 Å². The van der Waals surface area contributed by atoms with E-state index in [1.54, 1.807) is 0 Å². The van der Waals surface area contributed by atoms with E-state index in [1.165, 1.54) is 11.1 Å². The van der Waals surface area contributed by atoms with Gasteiger partial charge in [0.1, 0.15) is 22.6 Å². The van der Waals surface area contributed by atoms with E-state index in [2.05, 4.69) is 62.5 Å². The summed E-state index contributed by atoms with van der Waals surface area (Å²) in [4.78, 5) is 27.4. The van der Waals surface area contributed by atoms with Crippen molar-refractivity contribution in [2.75, 3.05) is 11.9 Å². The molecule has 0 bridgehead atoms. The Morgan fingerprint density at radius 2 is 1.40 bits per heavy atom. The largest absolute Gasteiger partial charge is 0.512 e. The summed E-state index contributed by atoms with van der Waals surface area (Å²) in [5.41, 5.74) is 5.34. The summed E-state index contributed by atoms with van der Waals surface area (Å²) in [6, 6.07) is 36.8. The lowest BCUT2D eigenvalue weighted by Gasteiger charge is -2.44. The average Bonchev–Trinajstić information content (AvgIpc) is 3.28. The lowest BCUT2D eigenvalue weighted by molar-refractivity contribution is -0.496. The van der Waals surface area contributed by atoms with Gasteiger partial charge in [-0.15, -0.1) is 0 Å². The van der Waals surface area contributed by atoms with Crippen LogP contribution in [0.5, 0.6) is 0 Å². The van der Waals surface area contributed by atoms with E-state index in [4.69, 9.17) is 9.47 Å². The van der Waals surface area contributed by atoms with Gasteiger partial charge in [-0.2, -0.15) is 0 Å². The fourth-order valence-electron chi connectivity index (χ4n) is 9.97. The molecular formula is C55H69N2O6+. The monoisotopic (exact) mass is 854 g/mol. The first-order valence-corrected chi connectivity index (χ1v) is 23.4. The number of esters is 2. The van der Waals surface area contributed by atoms with E-state index in [9.17, 15) is 19.8 Å². The highest BCUT2D eigenvalue weighted by atomic mass is 16.6. The highest BCUT2D eigenvalue weighted by Crippen LogP contribution is 2.44. The van der Waals surface area contributed by atoms with Gasteiger partial charge in [0.15, 0.2) is 0 Å². The normalized spacial score (nSPS) is 22.6. The second kappa shape index (κ2) is 22.8. The van der Waals surface area contributed by atoms with Crippen LogP contribution in [-0.2, 0) is 31.9 Å². The van der Waals surface area contributed by atoms with E-state index in [-0.39, 0.29) is 23.6 Å². The summed E-state index contributed by atoms with van der Waals surface area (Å²) in [6.07, 6.45) is 15.5. The van der Waals surface area contributed by atoms with Gasteiger partial charge in [0, 0.05) is 37.1 Å². The maximum absolute atomic E-state index is 13.8. The number of nitrogens with one attached hydrogen (secondary N) is 1. The molecule has 334 valence electrons. The zero-order chi connectivity index (χ0) is 44.7. The minimum absolute atomic E-state index is 0.154. The molecule has 1 saturated heterocycles. The Morgan fingerprint density at radius 3 is 2.03 bits per heavy atom. The number of nitrogens with two attached hydrogens (primary N) is 1. The standard InChI is InChI=1S/C55H68N2O6/c1-5-30-54(32-28-40-20-12-9-13-21-40)38-48(58)50(52(60)62-54)46(7-3)42-24-18-26-44(36-42)56-34-16-11-17-35-57-45-27-19-25-43(37-45)47(8-4)51-49(59)39-55(31-6-2,63-53(51)61)33-29-41-22-14-10-15-23-41/h9-27,34,36-37,46-47,49,51,56-59H,5-8,28-33,35,38-39H2,1-4H3/p+1/b17-11+,34-16+/t46-,47-,49?,51?,54-,55-/m1/s1. The molecule has 2 heterocycles. The van der Waals surface area contributed by atoms with Gasteiger partial charge in [-0.1, -0.05) is 138 Å². The molecule has 4 aromatic rings. The molecule has 6 rings (SSSR count). The highest BCUT2D eigenvalue weighted by molar-refractivity contribution is 5.92. The van der Waals surface area contributed by atoms with E-state index >= 15 is 0 Å². The minimum atomic E-state index is -0.777. The maximum atomic E-state index is 13.8. The summed E-state index contributed by atoms with van der Waals surface area (Å²) < 4.78 is 12.6. The van der Waals surface area contributed by atoms with Crippen molar-refractivity contribution in [2.24, 2.45) is 5.92 Å². The number of benzene rings is 4. The smallest absolute Gasteiger partial charge is 0.338 e. The first-order chi connectivity index (χ1) is 30.6. The van der Waals surface area contributed by atoms with Gasteiger partial charge in [-0.25, -0.2) is 4.79 Å². The van der Waals surface area contributed by atoms with Crippen LogP contribution in [0.25, 0.3) is 0 Å². The second-order valence-electron chi connectivity index (χ2n) is 17.6. The van der Waals surface area contributed by atoms with Crippen LogP contribution in [0.1, 0.15) is 126 Å². The van der Waals surface area contributed by atoms with Gasteiger partial charge in [0.25, 0.3) is 0 Å². The predicted octanol–water partition coefficient (Wildman–Crippen LogP) is 11.1. The van der Waals surface area contributed by atoms with Crippen molar-refractivity contribution >= 4 is 23.3 Å². The first kappa shape index (κ1) is 47.0. The lowest BCUT2D eigenvalue weighted by atomic mass is 9.73. The molecule has 8 nitrogen and oxygen atoms in total. The molecule has 5 N–H and O–H groups in total. The van der Waals surface area contributed by atoms with Crippen molar-refractivity contribution in [1.82, 2.24) is 0 Å². The van der Waals surface area contributed by atoms with Gasteiger partial charge < -0.3 is 25.0 Å². The number of aliphatic hydroxyl groups excluding tert-OH is 2. The van der Waals surface area contributed by atoms with Crippen molar-refractivity contribution in [1.29, 1.82) is 0 Å². The summed E-state index contributed by atoms with van der Waals surface area (Å²) >= 11 is 0. The van der Waals surface area contributed by atoms with E-state index in [0.717, 1.165) is 54.6 Å². The number of carbonyl (C=O) groups is 2. The summed E-state index contributed by atoms with van der Waals surface area (Å²) in [6.45, 7) is 8.90. The Hall–Kier alpha value is -5.44. The Morgan fingerprint density at radius 1 is 0.746 bits per heavy atom. The van der Waals surface area contributed by atoms with Crippen LogP contribution in [-0.4, -0.2) is 46.0 Å². The van der Waals surface area contributed by atoms with E-state index < -0.39 is 29.2 Å². The Kier molecular flexibility index (Phi) is 17.0. The molecule has 0 radical (unpaired) electrons. The highest BCUT2D eigenvalue weighted by Gasteiger charge is 2.49. The van der Waals surface area contributed by atoms with Gasteiger partial charge in [0.05, 0.1) is 23.8 Å². The minimum Gasteiger partial charge on any atom is -0.512 e. The Bertz CT molecular complexity index is 2180. The second-order valence-corrected chi connectivity index (χ2v) is 17.6. The number of quaternary nitrogens is 1. The summed E-state index contributed by atoms with van der Waals surface area (Å²) in [7, 11) is 0. The third kappa shape index (κ3) is 12.4. The SMILES string of the molecule is CCC[C@@]1(CCc2ccccc2)CC(O)=C([C@H](CC)c2cccc([NH2+]/C=C/C=C/CNc3cccc([C@@H](CC)C4C(=O)O[C@](CCC)(CCc5ccccc5)CC4O)c3)c2)C(=O)O1. The quantitative estimate of drug-likeness (QED) is 0.0353. The molecule has 63 heavy (non-hydrogen) atoms. The topological polar surface area (TPSA) is 122 Å². The number of aryl methyl sites for hydroxylation is 2. The molecule has 6 atom stereocenters.